The number of fused-ring (bicyclic) bond motifs is 1. The van der Waals surface area contributed by atoms with E-state index < -0.39 is 5.97 Å². The molecule has 0 bridgehead atoms. The maximum atomic E-state index is 13.6. The van der Waals surface area contributed by atoms with Gasteiger partial charge in [0, 0.05) is 16.3 Å². The maximum Gasteiger partial charge on any atom is 0.339 e. The Labute approximate surface area is 198 Å². The molecule has 0 unspecified atom stereocenters. The summed E-state index contributed by atoms with van der Waals surface area (Å²) in [6, 6.07) is 14.3. The number of urea groups is 1. The Hall–Kier alpha value is -3.32. The summed E-state index contributed by atoms with van der Waals surface area (Å²) >= 11 is 1.77. The van der Waals surface area contributed by atoms with E-state index in [-0.39, 0.29) is 12.1 Å². The molecular formula is C26H28N2O4S. The van der Waals surface area contributed by atoms with E-state index in [9.17, 15) is 9.59 Å². The first-order valence-corrected chi connectivity index (χ1v) is 11.8. The topological polar surface area (TPSA) is 67.9 Å². The third-order valence-corrected chi connectivity index (χ3v) is 7.37. The number of nitrogens with one attached hydrogen (secondary N) is 1. The minimum Gasteiger partial charge on any atom is -0.497 e. The number of carbonyl (C=O) groups excluding carboxylic acids is 2. The molecule has 0 spiro atoms. The highest BCUT2D eigenvalue weighted by molar-refractivity contribution is 7.12. The Kier molecular flexibility index (Phi) is 6.70. The number of amides is 2. The fourth-order valence-electron chi connectivity index (χ4n) is 4.51. The number of hydrogen-bond acceptors (Lipinski definition) is 5. The van der Waals surface area contributed by atoms with Gasteiger partial charge in [-0.25, -0.2) is 9.59 Å². The number of carbonyl (C=O) groups is 2. The number of nitrogens with zero attached hydrogens (tertiary/aromatic N) is 1. The molecule has 33 heavy (non-hydrogen) atoms. The Balaban J connectivity index is 1.73. The Bertz CT molecular complexity index is 1170. The Morgan fingerprint density at radius 3 is 2.52 bits per heavy atom. The first-order chi connectivity index (χ1) is 16.0. The Morgan fingerprint density at radius 2 is 1.85 bits per heavy atom. The Morgan fingerprint density at radius 1 is 1.12 bits per heavy atom. The summed E-state index contributed by atoms with van der Waals surface area (Å²) in [7, 11) is 2.97. The zero-order chi connectivity index (χ0) is 23.5. The summed E-state index contributed by atoms with van der Waals surface area (Å²) in [5.41, 5.74) is 4.54. The molecule has 2 aromatic carbocycles. The molecule has 0 saturated heterocycles. The van der Waals surface area contributed by atoms with Crippen LogP contribution < -0.4 is 10.1 Å². The molecule has 0 radical (unpaired) electrons. The molecule has 1 aromatic heterocycles. The van der Waals surface area contributed by atoms with Crippen LogP contribution in [-0.4, -0.2) is 37.7 Å². The number of aryl methyl sites for hydroxylation is 1. The number of para-hydroxylation sites is 1. The van der Waals surface area contributed by atoms with Gasteiger partial charge in [0.05, 0.1) is 31.5 Å². The molecule has 7 heteroatoms. The summed E-state index contributed by atoms with van der Waals surface area (Å²) < 4.78 is 10.2. The molecule has 3 aromatic rings. The van der Waals surface area contributed by atoms with E-state index >= 15 is 0 Å². The molecule has 0 aliphatic carbocycles. The third kappa shape index (κ3) is 4.33. The van der Waals surface area contributed by atoms with E-state index in [4.69, 9.17) is 9.47 Å². The molecule has 1 atom stereocenters. The summed E-state index contributed by atoms with van der Waals surface area (Å²) in [6.45, 7) is 4.92. The maximum absolute atomic E-state index is 13.6. The third-order valence-electron chi connectivity index (χ3n) is 6.13. The second-order valence-corrected chi connectivity index (χ2v) is 9.18. The van der Waals surface area contributed by atoms with Gasteiger partial charge in [0.1, 0.15) is 5.75 Å². The lowest BCUT2D eigenvalue weighted by molar-refractivity contribution is 0.0602. The van der Waals surface area contributed by atoms with Crippen molar-refractivity contribution in [2.24, 2.45) is 0 Å². The van der Waals surface area contributed by atoms with Crippen molar-refractivity contribution in [3.8, 4) is 5.75 Å². The lowest BCUT2D eigenvalue weighted by atomic mass is 9.92. The largest absolute Gasteiger partial charge is 0.497 e. The summed E-state index contributed by atoms with van der Waals surface area (Å²) in [4.78, 5) is 30.1. The van der Waals surface area contributed by atoms with Gasteiger partial charge in [0.2, 0.25) is 0 Å². The number of esters is 1. The van der Waals surface area contributed by atoms with E-state index in [1.807, 2.05) is 29.2 Å². The fraction of sp³-hybridized carbons (Fsp3) is 0.308. The van der Waals surface area contributed by atoms with Crippen LogP contribution in [0.5, 0.6) is 5.75 Å². The van der Waals surface area contributed by atoms with Crippen LogP contribution in [0.15, 0.2) is 48.5 Å². The standard InChI is InChI=1S/C26H28N2O4S/c1-5-19-16(2)33-24-20(19)14-15-28(23(24)17-10-12-18(31-3)13-11-17)26(30)27-22-9-7-6-8-21(22)25(29)32-4/h6-13,23H,5,14-15H2,1-4H3,(H,27,30)/t23-/m1/s1. The van der Waals surface area contributed by atoms with Crippen LogP contribution in [0, 0.1) is 6.92 Å². The summed E-state index contributed by atoms with van der Waals surface area (Å²) in [6.07, 6.45) is 1.78. The fourth-order valence-corrected chi connectivity index (χ4v) is 5.96. The number of rotatable bonds is 5. The zero-order valence-electron chi connectivity index (χ0n) is 19.3. The smallest absolute Gasteiger partial charge is 0.339 e. The number of thiophene rings is 1. The highest BCUT2D eigenvalue weighted by Gasteiger charge is 2.35. The SMILES string of the molecule is CCc1c(C)sc2c1CCN(C(=O)Nc1ccccc1C(=O)OC)[C@@H]2c1ccc(OC)cc1. The van der Waals surface area contributed by atoms with Crippen LogP contribution in [-0.2, 0) is 17.6 Å². The molecular weight excluding hydrogens is 436 g/mol. The van der Waals surface area contributed by atoms with Crippen molar-refractivity contribution in [3.63, 3.8) is 0 Å². The number of hydrogen-bond donors (Lipinski definition) is 1. The first kappa shape index (κ1) is 22.9. The van der Waals surface area contributed by atoms with Gasteiger partial charge in [-0.1, -0.05) is 31.2 Å². The van der Waals surface area contributed by atoms with Crippen molar-refractivity contribution in [2.75, 3.05) is 26.1 Å². The molecule has 172 valence electrons. The molecule has 2 heterocycles. The van der Waals surface area contributed by atoms with Crippen molar-refractivity contribution in [1.29, 1.82) is 0 Å². The van der Waals surface area contributed by atoms with Gasteiger partial charge in [-0.2, -0.15) is 0 Å². The summed E-state index contributed by atoms with van der Waals surface area (Å²) in [5, 5.41) is 2.95. The molecule has 1 aliphatic rings. The molecule has 6 nitrogen and oxygen atoms in total. The van der Waals surface area contributed by atoms with E-state index in [1.165, 1.54) is 28.0 Å². The zero-order valence-corrected chi connectivity index (χ0v) is 20.1. The van der Waals surface area contributed by atoms with Crippen molar-refractivity contribution in [2.45, 2.75) is 32.7 Å². The molecule has 1 aliphatic heterocycles. The molecule has 0 fully saturated rings. The van der Waals surface area contributed by atoms with Crippen LogP contribution in [0.4, 0.5) is 10.5 Å². The first-order valence-electron chi connectivity index (χ1n) is 11.0. The number of anilines is 1. The van der Waals surface area contributed by atoms with Gasteiger partial charge in [-0.05, 0) is 60.7 Å². The minimum absolute atomic E-state index is 0.214. The van der Waals surface area contributed by atoms with Crippen LogP contribution in [0.3, 0.4) is 0 Å². The predicted molar refractivity (Wildman–Crippen MR) is 130 cm³/mol. The average molecular weight is 465 g/mol. The van der Waals surface area contributed by atoms with E-state index in [0.29, 0.717) is 17.8 Å². The second kappa shape index (κ2) is 9.67. The van der Waals surface area contributed by atoms with E-state index in [1.54, 1.807) is 42.7 Å². The van der Waals surface area contributed by atoms with Gasteiger partial charge in [-0.3, -0.25) is 0 Å². The normalized spacial score (nSPS) is 15.0. The van der Waals surface area contributed by atoms with Gasteiger partial charge < -0.3 is 19.7 Å². The number of benzene rings is 2. The van der Waals surface area contributed by atoms with Crippen LogP contribution in [0.25, 0.3) is 0 Å². The van der Waals surface area contributed by atoms with Gasteiger partial charge in [0.25, 0.3) is 0 Å². The van der Waals surface area contributed by atoms with E-state index in [0.717, 1.165) is 24.2 Å². The predicted octanol–water partition coefficient (Wildman–Crippen LogP) is 5.59. The van der Waals surface area contributed by atoms with Crippen molar-refractivity contribution >= 4 is 29.0 Å². The molecule has 0 saturated carbocycles. The molecule has 4 rings (SSSR count). The summed E-state index contributed by atoms with van der Waals surface area (Å²) in [5.74, 6) is 0.286. The minimum atomic E-state index is -0.486. The lowest BCUT2D eigenvalue weighted by Gasteiger charge is -2.36. The number of ether oxygens (including phenoxy) is 2. The molecule has 2 amide bonds. The van der Waals surface area contributed by atoms with Gasteiger partial charge in [0.15, 0.2) is 0 Å². The van der Waals surface area contributed by atoms with Crippen LogP contribution >= 0.6 is 11.3 Å². The monoisotopic (exact) mass is 464 g/mol. The molecule has 1 N–H and O–H groups in total. The second-order valence-electron chi connectivity index (χ2n) is 7.92. The lowest BCUT2D eigenvalue weighted by Crippen LogP contribution is -2.42. The van der Waals surface area contributed by atoms with Crippen molar-refractivity contribution in [3.05, 3.63) is 80.5 Å². The van der Waals surface area contributed by atoms with Gasteiger partial charge >= 0.3 is 12.0 Å². The van der Waals surface area contributed by atoms with Crippen LogP contribution in [0.1, 0.15) is 49.8 Å². The number of methoxy groups -OCH3 is 2. The van der Waals surface area contributed by atoms with E-state index in [2.05, 4.69) is 19.2 Å². The van der Waals surface area contributed by atoms with Crippen molar-refractivity contribution < 1.29 is 19.1 Å². The van der Waals surface area contributed by atoms with Crippen molar-refractivity contribution in [1.82, 2.24) is 4.90 Å². The van der Waals surface area contributed by atoms with Gasteiger partial charge in [-0.15, -0.1) is 11.3 Å². The highest BCUT2D eigenvalue weighted by atomic mass is 32.1. The average Bonchev–Trinajstić information content (AvgIpc) is 3.18. The highest BCUT2D eigenvalue weighted by Crippen LogP contribution is 2.43. The van der Waals surface area contributed by atoms with Crippen LogP contribution in [0.2, 0.25) is 0 Å². The quantitative estimate of drug-likeness (QED) is 0.500.